The van der Waals surface area contributed by atoms with Crippen molar-refractivity contribution in [3.8, 4) is 5.88 Å². The van der Waals surface area contributed by atoms with Crippen molar-refractivity contribution in [1.29, 1.82) is 0 Å². The predicted octanol–water partition coefficient (Wildman–Crippen LogP) is 2.30. The Bertz CT molecular complexity index is 615. The third-order valence-corrected chi connectivity index (χ3v) is 4.83. The quantitative estimate of drug-likeness (QED) is 0.690. The van der Waals surface area contributed by atoms with Crippen LogP contribution in [-0.2, 0) is 9.53 Å². The maximum absolute atomic E-state index is 10.6. The Morgan fingerprint density at radius 3 is 2.36 bits per heavy atom. The molecule has 0 radical (unpaired) electrons. The van der Waals surface area contributed by atoms with Gasteiger partial charge in [-0.15, -0.1) is 0 Å². The fourth-order valence-electron chi connectivity index (χ4n) is 3.22. The summed E-state index contributed by atoms with van der Waals surface area (Å²) in [6, 6.07) is 4.73. The highest BCUT2D eigenvalue weighted by Gasteiger charge is 2.38. The molecule has 3 N–H and O–H groups in total. The molecule has 1 atom stereocenters. The van der Waals surface area contributed by atoms with Gasteiger partial charge < -0.3 is 25.0 Å². The second kappa shape index (κ2) is 10.0. The first kappa shape index (κ1) is 22.4. The normalized spacial score (nSPS) is 23.8. The van der Waals surface area contributed by atoms with Gasteiger partial charge in [0.05, 0.1) is 13.2 Å². The summed E-state index contributed by atoms with van der Waals surface area (Å²) in [7, 11) is 1.63. The Morgan fingerprint density at radius 1 is 1.32 bits per heavy atom. The van der Waals surface area contributed by atoms with Gasteiger partial charge in [-0.2, -0.15) is 13.2 Å². The van der Waals surface area contributed by atoms with E-state index in [-0.39, 0.29) is 12.1 Å². The van der Waals surface area contributed by atoms with Crippen molar-refractivity contribution in [3.63, 3.8) is 0 Å². The van der Waals surface area contributed by atoms with E-state index in [2.05, 4.69) is 16.4 Å². The molecule has 0 aromatic carbocycles. The van der Waals surface area contributed by atoms with Crippen LogP contribution in [0.25, 0.3) is 0 Å². The van der Waals surface area contributed by atoms with E-state index in [0.29, 0.717) is 17.8 Å². The largest absolute Gasteiger partial charge is 0.490 e. The first-order valence-corrected chi connectivity index (χ1v) is 9.02. The van der Waals surface area contributed by atoms with Crippen molar-refractivity contribution in [2.75, 3.05) is 20.3 Å². The SMILES string of the molecule is COc1ccc(C(NC2CCOCC2)C2CC(O)C2)cn1.O=C(O)C(F)(F)F. The zero-order valence-corrected chi connectivity index (χ0v) is 15.5. The minimum Gasteiger partial charge on any atom is -0.481 e. The number of aromatic nitrogens is 1. The molecule has 7 nitrogen and oxygen atoms in total. The molecule has 2 fully saturated rings. The molecule has 1 unspecified atom stereocenters. The highest BCUT2D eigenvalue weighted by atomic mass is 19.4. The van der Waals surface area contributed by atoms with Crippen LogP contribution in [0, 0.1) is 5.92 Å². The number of aliphatic hydroxyl groups excluding tert-OH is 1. The maximum atomic E-state index is 10.6. The van der Waals surface area contributed by atoms with Gasteiger partial charge >= 0.3 is 12.1 Å². The summed E-state index contributed by atoms with van der Waals surface area (Å²) in [6.45, 7) is 1.66. The number of hydrogen-bond acceptors (Lipinski definition) is 6. The van der Waals surface area contributed by atoms with Crippen LogP contribution >= 0.6 is 0 Å². The zero-order chi connectivity index (χ0) is 20.7. The third kappa shape index (κ3) is 6.61. The second-order valence-electron chi connectivity index (χ2n) is 6.85. The van der Waals surface area contributed by atoms with Crippen molar-refractivity contribution in [3.05, 3.63) is 23.9 Å². The van der Waals surface area contributed by atoms with Crippen LogP contribution in [0.15, 0.2) is 18.3 Å². The Labute approximate surface area is 160 Å². The van der Waals surface area contributed by atoms with Gasteiger partial charge in [-0.1, -0.05) is 6.07 Å². The molecule has 1 aliphatic heterocycles. The number of nitrogens with one attached hydrogen (secondary N) is 1. The molecule has 3 rings (SSSR count). The summed E-state index contributed by atoms with van der Waals surface area (Å²) in [6.07, 6.45) is 0.505. The number of alkyl halides is 3. The lowest BCUT2D eigenvalue weighted by Crippen LogP contribution is -2.44. The van der Waals surface area contributed by atoms with Gasteiger partial charge in [0.25, 0.3) is 0 Å². The summed E-state index contributed by atoms with van der Waals surface area (Å²) >= 11 is 0. The highest BCUT2D eigenvalue weighted by molar-refractivity contribution is 5.73. The lowest BCUT2D eigenvalue weighted by Gasteiger charge is -2.40. The van der Waals surface area contributed by atoms with E-state index in [0.717, 1.165) is 38.9 Å². The van der Waals surface area contributed by atoms with Gasteiger partial charge in [-0.3, -0.25) is 0 Å². The summed E-state index contributed by atoms with van der Waals surface area (Å²) in [5.41, 5.74) is 1.18. The van der Waals surface area contributed by atoms with E-state index in [1.54, 1.807) is 7.11 Å². The van der Waals surface area contributed by atoms with Crippen molar-refractivity contribution >= 4 is 5.97 Å². The van der Waals surface area contributed by atoms with E-state index in [1.165, 1.54) is 5.56 Å². The first-order valence-electron chi connectivity index (χ1n) is 9.02. The number of rotatable bonds is 5. The van der Waals surface area contributed by atoms with Crippen molar-refractivity contribution in [1.82, 2.24) is 10.3 Å². The van der Waals surface area contributed by atoms with Crippen molar-refractivity contribution in [2.24, 2.45) is 5.92 Å². The van der Waals surface area contributed by atoms with Gasteiger partial charge in [0.1, 0.15) is 0 Å². The fraction of sp³-hybridized carbons (Fsp3) is 0.667. The monoisotopic (exact) mass is 406 g/mol. The molecule has 2 aliphatic rings. The van der Waals surface area contributed by atoms with Crippen LogP contribution < -0.4 is 10.1 Å². The van der Waals surface area contributed by atoms with Crippen molar-refractivity contribution < 1.29 is 37.7 Å². The summed E-state index contributed by atoms with van der Waals surface area (Å²) in [5, 5.41) is 20.5. The number of nitrogens with zero attached hydrogens (tertiary/aromatic N) is 1. The number of ether oxygens (including phenoxy) is 2. The minimum absolute atomic E-state index is 0.139. The lowest BCUT2D eigenvalue weighted by molar-refractivity contribution is -0.192. The molecule has 1 saturated carbocycles. The van der Waals surface area contributed by atoms with Gasteiger partial charge in [-0.25, -0.2) is 9.78 Å². The van der Waals surface area contributed by atoms with Crippen LogP contribution in [0.3, 0.4) is 0 Å². The van der Waals surface area contributed by atoms with E-state index in [9.17, 15) is 18.3 Å². The molecule has 158 valence electrons. The second-order valence-corrected chi connectivity index (χ2v) is 6.85. The van der Waals surface area contributed by atoms with E-state index in [1.807, 2.05) is 12.3 Å². The number of pyridine rings is 1. The summed E-state index contributed by atoms with van der Waals surface area (Å²) < 4.78 is 42.3. The van der Waals surface area contributed by atoms with Crippen molar-refractivity contribution in [2.45, 2.75) is 50.0 Å². The molecule has 1 aromatic rings. The molecular weight excluding hydrogens is 381 g/mol. The third-order valence-electron chi connectivity index (χ3n) is 4.83. The molecule has 1 aliphatic carbocycles. The fourth-order valence-corrected chi connectivity index (χ4v) is 3.22. The highest BCUT2D eigenvalue weighted by Crippen LogP contribution is 2.38. The van der Waals surface area contributed by atoms with E-state index >= 15 is 0 Å². The Morgan fingerprint density at radius 2 is 1.93 bits per heavy atom. The molecular formula is C18H25F3N2O5. The maximum Gasteiger partial charge on any atom is 0.490 e. The summed E-state index contributed by atoms with van der Waals surface area (Å²) in [4.78, 5) is 13.2. The number of aliphatic carboxylic acids is 1. The molecule has 0 amide bonds. The lowest BCUT2D eigenvalue weighted by atomic mass is 9.75. The van der Waals surface area contributed by atoms with Gasteiger partial charge in [0, 0.05) is 37.6 Å². The molecule has 1 saturated heterocycles. The number of carboxylic acid groups (broad SMARTS) is 1. The number of hydrogen-bond donors (Lipinski definition) is 3. The topological polar surface area (TPSA) is 101 Å². The molecule has 2 heterocycles. The van der Waals surface area contributed by atoms with E-state index in [4.69, 9.17) is 19.4 Å². The predicted molar refractivity (Wildman–Crippen MR) is 92.9 cm³/mol. The first-order chi connectivity index (χ1) is 13.2. The number of aliphatic hydroxyl groups is 1. The molecule has 0 bridgehead atoms. The smallest absolute Gasteiger partial charge is 0.481 e. The van der Waals surface area contributed by atoms with E-state index < -0.39 is 12.1 Å². The number of methoxy groups -OCH3 is 1. The van der Waals surface area contributed by atoms with Crippen LogP contribution in [0.1, 0.15) is 37.3 Å². The molecule has 1 aromatic heterocycles. The number of carbonyl (C=O) groups is 1. The van der Waals surface area contributed by atoms with Crippen LogP contribution in [-0.4, -0.2) is 59.8 Å². The number of carboxylic acids is 1. The Balaban J connectivity index is 0.000000345. The summed E-state index contributed by atoms with van der Waals surface area (Å²) in [5.74, 6) is -1.64. The van der Waals surface area contributed by atoms with Crippen LogP contribution in [0.5, 0.6) is 5.88 Å². The molecule has 28 heavy (non-hydrogen) atoms. The van der Waals surface area contributed by atoms with Crippen LogP contribution in [0.4, 0.5) is 13.2 Å². The molecule has 0 spiro atoms. The average molecular weight is 406 g/mol. The molecule has 10 heteroatoms. The zero-order valence-electron chi connectivity index (χ0n) is 15.5. The number of halogens is 3. The standard InChI is InChI=1S/C16H24N2O3.C2HF3O2/c1-20-15-3-2-11(10-17-15)16(12-8-14(19)9-12)18-13-4-6-21-7-5-13;3-2(4,5)1(6)7/h2-3,10,12-14,16,18-19H,4-9H2,1H3;(H,6,7). The van der Waals surface area contributed by atoms with Gasteiger partial charge in [-0.05, 0) is 37.2 Å². The van der Waals surface area contributed by atoms with Gasteiger partial charge in [0.2, 0.25) is 5.88 Å². The minimum atomic E-state index is -5.08. The Kier molecular flexibility index (Phi) is 8.02. The average Bonchev–Trinajstić information content (AvgIpc) is 2.64. The Hall–Kier alpha value is -1.91. The van der Waals surface area contributed by atoms with Gasteiger partial charge in [0.15, 0.2) is 0 Å². The van der Waals surface area contributed by atoms with Crippen LogP contribution in [0.2, 0.25) is 0 Å².